The Morgan fingerprint density at radius 3 is 2.19 bits per heavy atom. The van der Waals surface area contributed by atoms with Gasteiger partial charge in [-0.25, -0.2) is 8.42 Å². The minimum absolute atomic E-state index is 0.0520. The number of halogens is 2. The van der Waals surface area contributed by atoms with Crippen LogP contribution in [0.5, 0.6) is 11.5 Å². The number of sulfonamides is 1. The van der Waals surface area contributed by atoms with Gasteiger partial charge in [0.25, 0.3) is 10.0 Å². The molecule has 0 aromatic heterocycles. The van der Waals surface area contributed by atoms with Gasteiger partial charge in [0.1, 0.15) is 24.1 Å². The van der Waals surface area contributed by atoms with Gasteiger partial charge in [0.05, 0.1) is 24.8 Å². The van der Waals surface area contributed by atoms with Gasteiger partial charge in [0.2, 0.25) is 11.8 Å². The second kappa shape index (κ2) is 15.3. The standard InChI is InChI=1S/C31H37Cl2N3O6S/c1-6-21(3)34-31(38)27(7-2)35(19-22-12-13-23(32)18-26(22)33)30(37)20-36(28-10-8-9-11-29(28)42-5)43(39,40)25-16-14-24(41-4)15-17-25/h8-18,21,27H,6-7,19-20H2,1-5H3,(H,34,38)/t21-,27+/m1/s1. The number of hydrogen-bond acceptors (Lipinski definition) is 6. The summed E-state index contributed by atoms with van der Waals surface area (Å²) < 4.78 is 39.9. The fraction of sp³-hybridized carbons (Fsp3) is 0.355. The number of methoxy groups -OCH3 is 2. The van der Waals surface area contributed by atoms with Crippen LogP contribution in [-0.4, -0.2) is 58.0 Å². The molecule has 3 aromatic carbocycles. The predicted octanol–water partition coefficient (Wildman–Crippen LogP) is 5.93. The van der Waals surface area contributed by atoms with E-state index in [1.54, 1.807) is 49.4 Å². The monoisotopic (exact) mass is 649 g/mol. The number of amides is 2. The molecule has 0 bridgehead atoms. The minimum atomic E-state index is -4.30. The second-order valence-electron chi connectivity index (χ2n) is 9.86. The van der Waals surface area contributed by atoms with Crippen molar-refractivity contribution in [2.24, 2.45) is 0 Å². The van der Waals surface area contributed by atoms with E-state index in [1.165, 1.54) is 43.4 Å². The van der Waals surface area contributed by atoms with Crippen LogP contribution in [0.15, 0.2) is 71.6 Å². The molecule has 2 atom stereocenters. The van der Waals surface area contributed by atoms with Crippen molar-refractivity contribution in [3.05, 3.63) is 82.3 Å². The van der Waals surface area contributed by atoms with Gasteiger partial charge in [-0.2, -0.15) is 0 Å². The highest BCUT2D eigenvalue weighted by Crippen LogP contribution is 2.33. The number of rotatable bonds is 14. The number of carbonyl (C=O) groups is 2. The van der Waals surface area contributed by atoms with Crippen molar-refractivity contribution >= 4 is 50.7 Å². The molecule has 0 unspecified atom stereocenters. The molecule has 9 nitrogen and oxygen atoms in total. The first-order chi connectivity index (χ1) is 20.5. The average molecular weight is 651 g/mol. The summed E-state index contributed by atoms with van der Waals surface area (Å²) in [5.41, 5.74) is 0.715. The van der Waals surface area contributed by atoms with Crippen molar-refractivity contribution in [1.29, 1.82) is 0 Å². The van der Waals surface area contributed by atoms with Crippen molar-refractivity contribution in [3.63, 3.8) is 0 Å². The molecule has 0 spiro atoms. The zero-order valence-electron chi connectivity index (χ0n) is 24.8. The van der Waals surface area contributed by atoms with Crippen molar-refractivity contribution in [3.8, 4) is 11.5 Å². The van der Waals surface area contributed by atoms with Gasteiger partial charge in [0, 0.05) is 22.6 Å². The van der Waals surface area contributed by atoms with Gasteiger partial charge in [-0.3, -0.25) is 13.9 Å². The molecule has 3 rings (SSSR count). The number of nitrogens with zero attached hydrogens (tertiary/aromatic N) is 2. The van der Waals surface area contributed by atoms with Gasteiger partial charge in [0.15, 0.2) is 0 Å². The molecule has 0 aliphatic heterocycles. The lowest BCUT2D eigenvalue weighted by Crippen LogP contribution is -2.53. The number of nitrogens with one attached hydrogen (secondary N) is 1. The predicted molar refractivity (Wildman–Crippen MR) is 170 cm³/mol. The van der Waals surface area contributed by atoms with Gasteiger partial charge >= 0.3 is 0 Å². The normalized spacial score (nSPS) is 12.6. The number of ether oxygens (including phenoxy) is 2. The Bertz CT molecular complexity index is 1520. The summed E-state index contributed by atoms with van der Waals surface area (Å²) >= 11 is 12.6. The summed E-state index contributed by atoms with van der Waals surface area (Å²) in [5.74, 6) is -0.235. The summed E-state index contributed by atoms with van der Waals surface area (Å²) in [7, 11) is -1.40. The van der Waals surface area contributed by atoms with E-state index < -0.39 is 28.5 Å². The maximum Gasteiger partial charge on any atom is 0.264 e. The molecule has 3 aromatic rings. The molecule has 1 N–H and O–H groups in total. The molecule has 0 aliphatic carbocycles. The van der Waals surface area contributed by atoms with Gasteiger partial charge in [-0.05, 0) is 73.9 Å². The maximum absolute atomic E-state index is 14.3. The van der Waals surface area contributed by atoms with Crippen LogP contribution in [0.2, 0.25) is 10.0 Å². The Morgan fingerprint density at radius 1 is 0.930 bits per heavy atom. The van der Waals surface area contributed by atoms with Crippen molar-refractivity contribution in [2.45, 2.75) is 57.1 Å². The van der Waals surface area contributed by atoms with Crippen LogP contribution in [0.25, 0.3) is 0 Å². The first-order valence-electron chi connectivity index (χ1n) is 13.8. The fourth-order valence-corrected chi connectivity index (χ4v) is 6.31. The van der Waals surface area contributed by atoms with Crippen LogP contribution in [0.3, 0.4) is 0 Å². The molecular weight excluding hydrogens is 613 g/mol. The molecule has 0 radical (unpaired) electrons. The number of anilines is 1. The number of benzene rings is 3. The lowest BCUT2D eigenvalue weighted by atomic mass is 10.1. The van der Waals surface area contributed by atoms with Crippen LogP contribution in [-0.2, 0) is 26.2 Å². The second-order valence-corrected chi connectivity index (χ2v) is 12.6. The van der Waals surface area contributed by atoms with E-state index in [0.717, 1.165) is 4.31 Å². The summed E-state index contributed by atoms with van der Waals surface area (Å²) in [4.78, 5) is 29.0. The highest BCUT2D eigenvalue weighted by atomic mass is 35.5. The van der Waals surface area contributed by atoms with Crippen molar-refractivity contribution in [2.75, 3.05) is 25.1 Å². The van der Waals surface area contributed by atoms with Crippen LogP contribution >= 0.6 is 23.2 Å². The van der Waals surface area contributed by atoms with E-state index in [9.17, 15) is 18.0 Å². The topological polar surface area (TPSA) is 105 Å². The van der Waals surface area contributed by atoms with E-state index in [1.807, 2.05) is 13.8 Å². The molecule has 0 fully saturated rings. The van der Waals surface area contributed by atoms with Gasteiger partial charge in [-0.1, -0.05) is 55.2 Å². The number of carbonyl (C=O) groups excluding carboxylic acids is 2. The zero-order valence-corrected chi connectivity index (χ0v) is 27.2. The van der Waals surface area contributed by atoms with Gasteiger partial charge in [-0.15, -0.1) is 0 Å². The SMILES string of the molecule is CC[C@@H](C)NC(=O)[C@H](CC)N(Cc1ccc(Cl)cc1Cl)C(=O)CN(c1ccccc1OC)S(=O)(=O)c1ccc(OC)cc1. The molecule has 43 heavy (non-hydrogen) atoms. The van der Waals surface area contributed by atoms with Crippen LogP contribution < -0.4 is 19.1 Å². The van der Waals surface area contributed by atoms with Crippen molar-refractivity contribution < 1.29 is 27.5 Å². The van der Waals surface area contributed by atoms with E-state index in [4.69, 9.17) is 32.7 Å². The van der Waals surface area contributed by atoms with Crippen LogP contribution in [0.4, 0.5) is 5.69 Å². The summed E-state index contributed by atoms with van der Waals surface area (Å²) in [6.07, 6.45) is 0.972. The van der Waals surface area contributed by atoms with Crippen LogP contribution in [0.1, 0.15) is 39.2 Å². The molecule has 0 saturated heterocycles. The summed E-state index contributed by atoms with van der Waals surface area (Å²) in [6.45, 7) is 4.93. The van der Waals surface area contributed by atoms with Crippen molar-refractivity contribution in [1.82, 2.24) is 10.2 Å². The lowest BCUT2D eigenvalue weighted by molar-refractivity contribution is -0.140. The highest BCUT2D eigenvalue weighted by Gasteiger charge is 2.35. The lowest BCUT2D eigenvalue weighted by Gasteiger charge is -2.34. The maximum atomic E-state index is 14.3. The first kappa shape index (κ1) is 34.0. The van der Waals surface area contributed by atoms with Crippen LogP contribution in [0, 0.1) is 0 Å². The quantitative estimate of drug-likeness (QED) is 0.232. The minimum Gasteiger partial charge on any atom is -0.497 e. The van der Waals surface area contributed by atoms with E-state index >= 15 is 0 Å². The highest BCUT2D eigenvalue weighted by molar-refractivity contribution is 7.92. The zero-order chi connectivity index (χ0) is 31.7. The third kappa shape index (κ3) is 8.34. The first-order valence-corrected chi connectivity index (χ1v) is 16.0. The number of para-hydroxylation sites is 2. The van der Waals surface area contributed by atoms with E-state index in [2.05, 4.69) is 5.32 Å². The largest absolute Gasteiger partial charge is 0.497 e. The Labute approximate surface area is 263 Å². The summed E-state index contributed by atoms with van der Waals surface area (Å²) in [5, 5.41) is 3.68. The molecule has 0 aliphatic rings. The Balaban J connectivity index is 2.12. The smallest absolute Gasteiger partial charge is 0.264 e. The third-order valence-corrected chi connectivity index (χ3v) is 9.38. The molecule has 12 heteroatoms. The molecule has 232 valence electrons. The molecule has 0 saturated carbocycles. The summed E-state index contributed by atoms with van der Waals surface area (Å²) in [6, 6.07) is 16.2. The molecule has 2 amide bonds. The van der Waals surface area contributed by atoms with E-state index in [0.29, 0.717) is 27.8 Å². The Kier molecular flexibility index (Phi) is 12.1. The average Bonchev–Trinajstić information content (AvgIpc) is 3.00. The van der Waals surface area contributed by atoms with Gasteiger partial charge < -0.3 is 19.7 Å². The number of hydrogen-bond donors (Lipinski definition) is 1. The Hall–Kier alpha value is -3.47. The van der Waals surface area contributed by atoms with E-state index in [-0.39, 0.29) is 41.2 Å². The fourth-order valence-electron chi connectivity index (χ4n) is 4.42. The molecule has 0 heterocycles. The molecular formula is C31H37Cl2N3O6S. The Morgan fingerprint density at radius 2 is 1.60 bits per heavy atom. The third-order valence-electron chi connectivity index (χ3n) is 7.02.